The number of anilines is 2. The average molecular weight is 532 g/mol. The lowest BCUT2D eigenvalue weighted by atomic mass is 10.1. The molecule has 5 N–H and O–H groups in total. The number of rotatable bonds is 8. The number of nitrogens with zero attached hydrogens (tertiary/aromatic N) is 3. The molecule has 0 bridgehead atoms. The van der Waals surface area contributed by atoms with E-state index < -0.39 is 42.8 Å². The highest BCUT2D eigenvalue weighted by molar-refractivity contribution is 6.32. The molecular weight excluding hydrogens is 507 g/mol. The van der Waals surface area contributed by atoms with Crippen LogP contribution >= 0.6 is 11.6 Å². The van der Waals surface area contributed by atoms with E-state index in [0.717, 1.165) is 0 Å². The van der Waals surface area contributed by atoms with Gasteiger partial charge in [0.25, 0.3) is 0 Å². The van der Waals surface area contributed by atoms with Crippen LogP contribution in [-0.2, 0) is 0 Å². The van der Waals surface area contributed by atoms with Gasteiger partial charge in [0.15, 0.2) is 5.58 Å². The molecule has 0 spiro atoms. The number of hydrogen-bond donors (Lipinski definition) is 5. The molecule has 0 aromatic carbocycles. The summed E-state index contributed by atoms with van der Waals surface area (Å²) in [6, 6.07) is 2.53. The lowest BCUT2D eigenvalue weighted by Crippen LogP contribution is -2.35. The summed E-state index contributed by atoms with van der Waals surface area (Å²) in [5.74, 6) is -0.435. The highest BCUT2D eigenvalue weighted by Gasteiger charge is 2.41. The van der Waals surface area contributed by atoms with Gasteiger partial charge in [-0.2, -0.15) is 18.2 Å². The summed E-state index contributed by atoms with van der Waals surface area (Å²) in [4.78, 5) is 12.4. The SMILES string of the molecule is CCOc1cc2cc(-c3c(Cl)nc(NCC(F)(F)F)nc3N[C@@H]3C[C@H](CO)[C@@H](O)[C@H]3O)oc2c(C)n1. The van der Waals surface area contributed by atoms with Gasteiger partial charge in [-0.05, 0) is 26.3 Å². The maximum absolute atomic E-state index is 12.8. The Morgan fingerprint density at radius 3 is 2.58 bits per heavy atom. The Balaban J connectivity index is 1.78. The first kappa shape index (κ1) is 26.2. The van der Waals surface area contributed by atoms with Crippen molar-refractivity contribution in [3.63, 3.8) is 0 Å². The third kappa shape index (κ3) is 5.43. The van der Waals surface area contributed by atoms with Crippen molar-refractivity contribution in [1.82, 2.24) is 15.0 Å². The Morgan fingerprint density at radius 2 is 1.94 bits per heavy atom. The van der Waals surface area contributed by atoms with Gasteiger partial charge in [-0.15, -0.1) is 0 Å². The standard InChI is InChI=1S/C22H25ClF3N5O5/c1-3-35-14-6-10-5-13(36-18(10)9(2)28-14)15-19(23)30-21(27-8-22(24,25)26)31-20(15)29-12-4-11(7-32)16(33)17(12)34/h5-6,11-12,16-17,32-34H,3-4,7-8H2,1-2H3,(H2,27,29,30,31)/t11-,12-,16-,17+/m1/s1. The van der Waals surface area contributed by atoms with Gasteiger partial charge in [-0.3, -0.25) is 0 Å². The third-order valence-electron chi connectivity index (χ3n) is 5.86. The number of ether oxygens (including phenoxy) is 1. The van der Waals surface area contributed by atoms with Crippen LogP contribution in [0.2, 0.25) is 5.15 Å². The smallest absolute Gasteiger partial charge is 0.405 e. The van der Waals surface area contributed by atoms with Gasteiger partial charge >= 0.3 is 6.18 Å². The van der Waals surface area contributed by atoms with E-state index in [9.17, 15) is 28.5 Å². The summed E-state index contributed by atoms with van der Waals surface area (Å²) in [6.45, 7) is 2.21. The molecule has 4 atom stereocenters. The second-order valence-electron chi connectivity index (χ2n) is 8.45. The fourth-order valence-electron chi connectivity index (χ4n) is 4.16. The number of nitrogens with one attached hydrogen (secondary N) is 2. The van der Waals surface area contributed by atoms with Crippen LogP contribution in [0, 0.1) is 12.8 Å². The number of alkyl halides is 3. The molecule has 1 fully saturated rings. The van der Waals surface area contributed by atoms with Gasteiger partial charge in [0.1, 0.15) is 29.4 Å². The summed E-state index contributed by atoms with van der Waals surface area (Å²) >= 11 is 6.41. The van der Waals surface area contributed by atoms with Gasteiger partial charge in [0.05, 0.1) is 30.0 Å². The zero-order chi connectivity index (χ0) is 26.2. The number of pyridine rings is 1. The predicted molar refractivity (Wildman–Crippen MR) is 125 cm³/mol. The Hall–Kier alpha value is -2.87. The van der Waals surface area contributed by atoms with Gasteiger partial charge < -0.3 is 35.1 Å². The number of aromatic nitrogens is 3. The predicted octanol–water partition coefficient (Wildman–Crippen LogP) is 3.13. The minimum Gasteiger partial charge on any atom is -0.478 e. The van der Waals surface area contributed by atoms with Crippen molar-refractivity contribution >= 4 is 34.3 Å². The number of aliphatic hydroxyl groups is 3. The first-order valence-electron chi connectivity index (χ1n) is 11.2. The maximum atomic E-state index is 12.8. The van der Waals surface area contributed by atoms with Gasteiger partial charge in [-0.1, -0.05) is 11.6 Å². The first-order valence-corrected chi connectivity index (χ1v) is 11.5. The summed E-state index contributed by atoms with van der Waals surface area (Å²) in [5, 5.41) is 35.6. The molecule has 0 radical (unpaired) electrons. The van der Waals surface area contributed by atoms with E-state index in [1.54, 1.807) is 19.1 Å². The minimum atomic E-state index is -4.52. The van der Waals surface area contributed by atoms with Crippen molar-refractivity contribution in [3.05, 3.63) is 23.0 Å². The van der Waals surface area contributed by atoms with Crippen molar-refractivity contribution in [2.45, 2.75) is 44.7 Å². The van der Waals surface area contributed by atoms with Crippen LogP contribution in [0.3, 0.4) is 0 Å². The number of halogens is 4. The van der Waals surface area contributed by atoms with E-state index in [1.807, 2.05) is 6.92 Å². The quantitative estimate of drug-likeness (QED) is 0.275. The second kappa shape index (κ2) is 10.2. The van der Waals surface area contributed by atoms with Gasteiger partial charge in [-0.25, -0.2) is 9.97 Å². The third-order valence-corrected chi connectivity index (χ3v) is 6.13. The summed E-state index contributed by atoms with van der Waals surface area (Å²) in [6.07, 6.45) is -6.82. The zero-order valence-electron chi connectivity index (χ0n) is 19.3. The van der Waals surface area contributed by atoms with Crippen LogP contribution in [0.5, 0.6) is 5.88 Å². The number of furan rings is 1. The molecule has 0 aliphatic heterocycles. The van der Waals surface area contributed by atoms with Crippen molar-refractivity contribution < 1.29 is 37.6 Å². The largest absolute Gasteiger partial charge is 0.478 e. The Bertz CT molecular complexity index is 1240. The molecule has 1 saturated carbocycles. The number of hydrogen-bond acceptors (Lipinski definition) is 10. The molecule has 3 aromatic rings. The minimum absolute atomic E-state index is 0.0239. The lowest BCUT2D eigenvalue weighted by Gasteiger charge is -2.21. The zero-order valence-corrected chi connectivity index (χ0v) is 20.1. The average Bonchev–Trinajstić information content (AvgIpc) is 3.34. The Morgan fingerprint density at radius 1 is 1.19 bits per heavy atom. The van der Waals surface area contributed by atoms with E-state index >= 15 is 0 Å². The molecule has 36 heavy (non-hydrogen) atoms. The highest BCUT2D eigenvalue weighted by atomic mass is 35.5. The highest BCUT2D eigenvalue weighted by Crippen LogP contribution is 2.40. The van der Waals surface area contributed by atoms with E-state index in [2.05, 4.69) is 25.6 Å². The van der Waals surface area contributed by atoms with Crippen LogP contribution in [0.4, 0.5) is 24.9 Å². The Kier molecular flexibility index (Phi) is 7.46. The topological polar surface area (TPSA) is 146 Å². The molecular formula is C22H25ClF3N5O5. The molecule has 1 aliphatic rings. The van der Waals surface area contributed by atoms with Crippen molar-refractivity contribution in [2.75, 3.05) is 30.4 Å². The summed E-state index contributed by atoms with van der Waals surface area (Å²) < 4.78 is 49.7. The van der Waals surface area contributed by atoms with E-state index in [4.69, 9.17) is 20.8 Å². The van der Waals surface area contributed by atoms with Crippen LogP contribution in [-0.4, -0.2) is 74.5 Å². The molecule has 10 nitrogen and oxygen atoms in total. The summed E-state index contributed by atoms with van der Waals surface area (Å²) in [7, 11) is 0. The number of aryl methyl sites for hydroxylation is 1. The monoisotopic (exact) mass is 531 g/mol. The molecule has 3 heterocycles. The van der Waals surface area contributed by atoms with Crippen molar-refractivity contribution in [2.24, 2.45) is 5.92 Å². The molecule has 0 amide bonds. The molecule has 196 valence electrons. The van der Waals surface area contributed by atoms with E-state index in [-0.39, 0.29) is 35.3 Å². The fraction of sp³-hybridized carbons (Fsp3) is 0.500. The normalized spacial score (nSPS) is 22.2. The lowest BCUT2D eigenvalue weighted by molar-refractivity contribution is -0.115. The first-order chi connectivity index (χ1) is 17.0. The molecule has 0 unspecified atom stereocenters. The van der Waals surface area contributed by atoms with Crippen LogP contribution in [0.25, 0.3) is 22.3 Å². The van der Waals surface area contributed by atoms with Crippen molar-refractivity contribution in [3.8, 4) is 17.2 Å². The molecule has 1 aliphatic carbocycles. The van der Waals surface area contributed by atoms with Crippen LogP contribution < -0.4 is 15.4 Å². The second-order valence-corrected chi connectivity index (χ2v) is 8.81. The fourth-order valence-corrected chi connectivity index (χ4v) is 4.42. The Labute approximate surface area is 208 Å². The van der Waals surface area contributed by atoms with Crippen molar-refractivity contribution in [1.29, 1.82) is 0 Å². The molecule has 3 aromatic heterocycles. The van der Waals surface area contributed by atoms with Gasteiger partial charge in [0.2, 0.25) is 11.8 Å². The summed E-state index contributed by atoms with van der Waals surface area (Å²) in [5.41, 5.74) is 1.11. The molecule has 14 heteroatoms. The number of fused-ring (bicyclic) bond motifs is 1. The van der Waals surface area contributed by atoms with Crippen LogP contribution in [0.15, 0.2) is 16.5 Å². The van der Waals surface area contributed by atoms with Gasteiger partial charge in [0, 0.05) is 24.0 Å². The molecule has 4 rings (SSSR count). The van der Waals surface area contributed by atoms with Crippen LogP contribution in [0.1, 0.15) is 19.0 Å². The maximum Gasteiger partial charge on any atom is 0.405 e. The molecule has 0 saturated heterocycles. The van der Waals surface area contributed by atoms with E-state index in [1.165, 1.54) is 0 Å². The van der Waals surface area contributed by atoms with E-state index in [0.29, 0.717) is 29.2 Å². The number of aliphatic hydroxyl groups excluding tert-OH is 3.